The van der Waals surface area contributed by atoms with Crippen molar-refractivity contribution in [3.8, 4) is 11.1 Å². The zero-order valence-electron chi connectivity index (χ0n) is 23.7. The average Bonchev–Trinajstić information content (AvgIpc) is 2.97. The minimum atomic E-state index is -0.0249. The smallest absolute Gasteiger partial charge is 0.0534 e. The van der Waals surface area contributed by atoms with Crippen LogP contribution < -0.4 is 9.80 Å². The van der Waals surface area contributed by atoms with Crippen molar-refractivity contribution in [1.29, 1.82) is 0 Å². The summed E-state index contributed by atoms with van der Waals surface area (Å²) < 4.78 is 0. The van der Waals surface area contributed by atoms with Crippen molar-refractivity contribution >= 4 is 22.5 Å². The number of anilines is 2. The molecular weight excluding hydrogens is 424 g/mol. The highest BCUT2D eigenvalue weighted by Crippen LogP contribution is 2.55. The monoisotopic (exact) mass is 468 g/mol. The maximum absolute atomic E-state index is 2.62. The largest absolute Gasteiger partial charge is 0.362 e. The van der Waals surface area contributed by atoms with Gasteiger partial charge in [0.15, 0.2) is 0 Å². The molecular formula is C33H44N2. The highest BCUT2D eigenvalue weighted by Gasteiger charge is 2.41. The molecule has 2 aromatic carbocycles. The SMILES string of the molecule is CCCN1c2cc3c(cc2C(C)=CC1(C)C)-c1cc2c(cc1C3(C)C)N(CCC)C(C)(C)C=C2C. The Morgan fingerprint density at radius 1 is 0.571 bits per heavy atom. The lowest BCUT2D eigenvalue weighted by atomic mass is 9.79. The first kappa shape index (κ1) is 24.2. The van der Waals surface area contributed by atoms with Crippen LogP contribution in [0.2, 0.25) is 0 Å². The Morgan fingerprint density at radius 3 is 1.29 bits per heavy atom. The molecule has 2 nitrogen and oxygen atoms in total. The molecule has 0 unspecified atom stereocenters. The van der Waals surface area contributed by atoms with Crippen molar-refractivity contribution < 1.29 is 0 Å². The predicted octanol–water partition coefficient (Wildman–Crippen LogP) is 8.82. The van der Waals surface area contributed by atoms with E-state index in [0.29, 0.717) is 0 Å². The van der Waals surface area contributed by atoms with Gasteiger partial charge < -0.3 is 9.80 Å². The molecule has 0 spiro atoms. The van der Waals surface area contributed by atoms with E-state index in [1.807, 2.05) is 0 Å². The first-order valence-electron chi connectivity index (χ1n) is 13.7. The quantitative estimate of drug-likeness (QED) is 0.442. The number of allylic oxidation sites excluding steroid dienone is 2. The molecule has 2 heteroatoms. The lowest BCUT2D eigenvalue weighted by Gasteiger charge is -2.44. The summed E-state index contributed by atoms with van der Waals surface area (Å²) in [6.07, 6.45) is 7.22. The van der Waals surface area contributed by atoms with Crippen molar-refractivity contribution in [3.63, 3.8) is 0 Å². The molecule has 5 rings (SSSR count). The van der Waals surface area contributed by atoms with Gasteiger partial charge in [0.25, 0.3) is 0 Å². The van der Waals surface area contributed by atoms with Crippen LogP contribution in [0.5, 0.6) is 0 Å². The zero-order chi connectivity index (χ0) is 25.5. The molecule has 0 fully saturated rings. The number of fused-ring (bicyclic) bond motifs is 5. The molecule has 186 valence electrons. The highest BCUT2D eigenvalue weighted by atomic mass is 15.2. The molecule has 35 heavy (non-hydrogen) atoms. The van der Waals surface area contributed by atoms with E-state index in [1.54, 1.807) is 0 Å². The third-order valence-electron chi connectivity index (χ3n) is 8.77. The molecule has 1 aliphatic carbocycles. The van der Waals surface area contributed by atoms with Gasteiger partial charge in [0.2, 0.25) is 0 Å². The van der Waals surface area contributed by atoms with Gasteiger partial charge in [-0.2, -0.15) is 0 Å². The summed E-state index contributed by atoms with van der Waals surface area (Å²) in [5, 5.41) is 0. The summed E-state index contributed by atoms with van der Waals surface area (Å²) in [7, 11) is 0. The normalized spacial score (nSPS) is 20.5. The lowest BCUT2D eigenvalue weighted by molar-refractivity contribution is 0.548. The summed E-state index contributed by atoms with van der Waals surface area (Å²) >= 11 is 0. The van der Waals surface area contributed by atoms with E-state index in [9.17, 15) is 0 Å². The molecule has 0 atom stereocenters. The van der Waals surface area contributed by atoms with Gasteiger partial charge in [-0.3, -0.25) is 0 Å². The second-order valence-electron chi connectivity index (χ2n) is 12.7. The minimum absolute atomic E-state index is 0.0249. The number of hydrogen-bond donors (Lipinski definition) is 0. The zero-order valence-corrected chi connectivity index (χ0v) is 23.7. The van der Waals surface area contributed by atoms with Gasteiger partial charge in [0.05, 0.1) is 11.1 Å². The van der Waals surface area contributed by atoms with Crippen LogP contribution in [0.3, 0.4) is 0 Å². The Balaban J connectivity index is 1.75. The van der Waals surface area contributed by atoms with Crippen molar-refractivity contribution in [2.24, 2.45) is 0 Å². The molecule has 2 heterocycles. The fourth-order valence-electron chi connectivity index (χ4n) is 7.14. The molecule has 3 aliphatic rings. The molecule has 0 amide bonds. The van der Waals surface area contributed by atoms with Crippen molar-refractivity contribution in [1.82, 2.24) is 0 Å². The van der Waals surface area contributed by atoms with Crippen LogP contribution in [0.15, 0.2) is 36.4 Å². The Hall–Kier alpha value is -2.48. The fraction of sp³-hybridized carbons (Fsp3) is 0.515. The second-order valence-corrected chi connectivity index (χ2v) is 12.7. The lowest BCUT2D eigenvalue weighted by Crippen LogP contribution is -2.45. The van der Waals surface area contributed by atoms with Crippen LogP contribution in [0, 0.1) is 0 Å². The molecule has 0 saturated carbocycles. The number of rotatable bonds is 4. The van der Waals surface area contributed by atoms with Crippen molar-refractivity contribution in [2.75, 3.05) is 22.9 Å². The Bertz CT molecular complexity index is 1170. The first-order chi connectivity index (χ1) is 16.3. The number of benzene rings is 2. The number of nitrogens with zero attached hydrogens (tertiary/aromatic N) is 2. The standard InChI is InChI=1S/C33H44N2/c1-11-13-34-29-17-27-25(15-23(29)21(3)19-31(34,5)6)26-16-24-22(4)20-32(7,8)35(14-12-2)30(24)18-28(26)33(27,9)10/h15-20H,11-14H2,1-10H3. The summed E-state index contributed by atoms with van der Waals surface area (Å²) in [5.74, 6) is 0. The van der Waals surface area contributed by atoms with E-state index in [-0.39, 0.29) is 16.5 Å². The van der Waals surface area contributed by atoms with Gasteiger partial charge in [0.1, 0.15) is 0 Å². The van der Waals surface area contributed by atoms with Crippen LogP contribution in [-0.2, 0) is 5.41 Å². The average molecular weight is 469 g/mol. The van der Waals surface area contributed by atoms with Crippen LogP contribution in [0.25, 0.3) is 22.3 Å². The third-order valence-corrected chi connectivity index (χ3v) is 8.77. The summed E-state index contributed by atoms with van der Waals surface area (Å²) in [6.45, 7) is 25.6. The molecule has 0 bridgehead atoms. The molecule has 0 N–H and O–H groups in total. The van der Waals surface area contributed by atoms with E-state index >= 15 is 0 Å². The van der Waals surface area contributed by atoms with Crippen molar-refractivity contribution in [3.05, 3.63) is 58.7 Å². The third kappa shape index (κ3) is 3.43. The van der Waals surface area contributed by atoms with Gasteiger partial charge >= 0.3 is 0 Å². The minimum Gasteiger partial charge on any atom is -0.362 e. The number of hydrogen-bond acceptors (Lipinski definition) is 2. The molecule has 0 radical (unpaired) electrons. The first-order valence-corrected chi connectivity index (χ1v) is 13.7. The van der Waals surface area contributed by atoms with E-state index in [2.05, 4.69) is 115 Å². The van der Waals surface area contributed by atoms with Crippen LogP contribution in [-0.4, -0.2) is 24.2 Å². The van der Waals surface area contributed by atoms with Gasteiger partial charge in [-0.05, 0) is 112 Å². The van der Waals surface area contributed by atoms with E-state index < -0.39 is 0 Å². The second kappa shape index (κ2) is 7.76. The maximum Gasteiger partial charge on any atom is 0.0534 e. The van der Waals surface area contributed by atoms with Crippen molar-refractivity contribution in [2.45, 2.75) is 98.6 Å². The maximum atomic E-state index is 2.62. The Kier molecular flexibility index (Phi) is 5.37. The van der Waals surface area contributed by atoms with Gasteiger partial charge in [-0.1, -0.05) is 39.8 Å². The highest BCUT2D eigenvalue weighted by molar-refractivity contribution is 5.94. The summed E-state index contributed by atoms with van der Waals surface area (Å²) in [4.78, 5) is 5.25. The van der Waals surface area contributed by atoms with E-state index in [0.717, 1.165) is 25.9 Å². The molecule has 0 aromatic heterocycles. The van der Waals surface area contributed by atoms with Crippen LogP contribution >= 0.6 is 0 Å². The Morgan fingerprint density at radius 2 is 0.943 bits per heavy atom. The van der Waals surface area contributed by atoms with Gasteiger partial charge in [0, 0.05) is 41.0 Å². The van der Waals surface area contributed by atoms with Gasteiger partial charge in [-0.15, -0.1) is 0 Å². The summed E-state index contributed by atoms with van der Waals surface area (Å²) in [5.41, 5.74) is 14.3. The van der Waals surface area contributed by atoms with E-state index in [1.165, 1.54) is 55.9 Å². The fourth-order valence-corrected chi connectivity index (χ4v) is 7.14. The molecule has 2 aromatic rings. The molecule has 0 saturated heterocycles. The summed E-state index contributed by atoms with van der Waals surface area (Å²) in [6, 6.07) is 10.1. The van der Waals surface area contributed by atoms with Crippen LogP contribution in [0.1, 0.15) is 104 Å². The topological polar surface area (TPSA) is 6.48 Å². The van der Waals surface area contributed by atoms with E-state index in [4.69, 9.17) is 0 Å². The molecule has 2 aliphatic heterocycles. The predicted molar refractivity (Wildman–Crippen MR) is 155 cm³/mol. The Labute approximate surface area is 213 Å². The van der Waals surface area contributed by atoms with Gasteiger partial charge in [-0.25, -0.2) is 0 Å². The van der Waals surface area contributed by atoms with Crippen LogP contribution in [0.4, 0.5) is 11.4 Å².